The van der Waals surface area contributed by atoms with Crippen LogP contribution >= 0.6 is 11.3 Å². The molecule has 1 N–H and O–H groups in total. The molecule has 29 heavy (non-hydrogen) atoms. The molecule has 1 aliphatic rings. The van der Waals surface area contributed by atoms with E-state index in [1.54, 1.807) is 12.3 Å². The Hall–Kier alpha value is -3.19. The van der Waals surface area contributed by atoms with Gasteiger partial charge in [-0.3, -0.25) is 9.59 Å². The number of amides is 1. The number of thiophene rings is 1. The van der Waals surface area contributed by atoms with Gasteiger partial charge in [0, 0.05) is 24.9 Å². The normalized spacial score (nSPS) is 15.2. The predicted molar refractivity (Wildman–Crippen MR) is 115 cm³/mol. The van der Waals surface area contributed by atoms with Crippen LogP contribution in [0.1, 0.15) is 51.0 Å². The lowest BCUT2D eigenvalue weighted by atomic mass is 10.0. The van der Waals surface area contributed by atoms with E-state index >= 15 is 0 Å². The number of ketones is 1. The molecule has 1 unspecified atom stereocenters. The third kappa shape index (κ3) is 3.49. The number of carbonyl (C=O) groups excluding carboxylic acids is 2. The first-order chi connectivity index (χ1) is 14.1. The summed E-state index contributed by atoms with van der Waals surface area (Å²) < 4.78 is 1.86. The maximum absolute atomic E-state index is 13.0. The number of carbonyl (C=O) groups is 2. The van der Waals surface area contributed by atoms with E-state index in [9.17, 15) is 9.59 Å². The summed E-state index contributed by atoms with van der Waals surface area (Å²) in [6.07, 6.45) is 5.68. The summed E-state index contributed by atoms with van der Waals surface area (Å²) >= 11 is 1.43. The maximum Gasteiger partial charge on any atom is 0.251 e. The smallest absolute Gasteiger partial charge is 0.251 e. The Labute approximate surface area is 173 Å². The molecule has 1 aromatic carbocycles. The summed E-state index contributed by atoms with van der Waals surface area (Å²) in [6.45, 7) is 5.23. The molecule has 3 aromatic rings. The lowest BCUT2D eigenvalue weighted by molar-refractivity contribution is 0.0955. The number of fused-ring (bicyclic) bond motifs is 1. The van der Waals surface area contributed by atoms with Crippen LogP contribution in [0.25, 0.3) is 0 Å². The van der Waals surface area contributed by atoms with E-state index in [4.69, 9.17) is 0 Å². The van der Waals surface area contributed by atoms with E-state index in [0.29, 0.717) is 22.5 Å². The van der Waals surface area contributed by atoms with Crippen molar-refractivity contribution in [2.45, 2.75) is 19.9 Å². The van der Waals surface area contributed by atoms with E-state index in [1.807, 2.05) is 71.4 Å². The highest BCUT2D eigenvalue weighted by Gasteiger charge is 2.29. The molecule has 2 aromatic heterocycles. The van der Waals surface area contributed by atoms with Gasteiger partial charge in [-0.05, 0) is 49.1 Å². The fraction of sp³-hybridized carbons (Fsp3) is 0.227. The molecule has 1 amide bonds. The van der Waals surface area contributed by atoms with Crippen molar-refractivity contribution < 1.29 is 9.59 Å². The Bertz CT molecular complexity index is 1070. The Morgan fingerprint density at radius 2 is 2.07 bits per heavy atom. The van der Waals surface area contributed by atoms with E-state index in [2.05, 4.69) is 10.4 Å². The molecule has 6 nitrogen and oxygen atoms in total. The number of rotatable bonds is 6. The molecule has 7 heteroatoms. The second kappa shape index (κ2) is 8.05. The zero-order chi connectivity index (χ0) is 20.4. The van der Waals surface area contributed by atoms with Crippen molar-refractivity contribution in [3.63, 3.8) is 0 Å². The van der Waals surface area contributed by atoms with Crippen LogP contribution in [0.5, 0.6) is 0 Å². The van der Waals surface area contributed by atoms with Gasteiger partial charge in [0.25, 0.3) is 5.91 Å². The molecule has 4 rings (SSSR count). The third-order valence-corrected chi connectivity index (χ3v) is 5.78. The zero-order valence-electron chi connectivity index (χ0n) is 16.3. The summed E-state index contributed by atoms with van der Waals surface area (Å²) in [7, 11) is 0. The fourth-order valence-corrected chi connectivity index (χ4v) is 4.20. The topological polar surface area (TPSA) is 67.2 Å². The van der Waals surface area contributed by atoms with Crippen molar-refractivity contribution in [2.24, 2.45) is 0 Å². The second-order valence-corrected chi connectivity index (χ2v) is 7.64. The van der Waals surface area contributed by atoms with Gasteiger partial charge >= 0.3 is 0 Å². The SMILES string of the molecule is CCNC(=O)c1cccc(C2C=CN(CC)c3c(C(=O)c4cccs4)cnn32)c1. The second-order valence-electron chi connectivity index (χ2n) is 6.69. The van der Waals surface area contributed by atoms with Crippen molar-refractivity contribution in [1.82, 2.24) is 15.1 Å². The summed E-state index contributed by atoms with van der Waals surface area (Å²) in [4.78, 5) is 28.0. The summed E-state index contributed by atoms with van der Waals surface area (Å²) in [5.41, 5.74) is 2.14. The van der Waals surface area contributed by atoms with Crippen LogP contribution in [0.3, 0.4) is 0 Å². The van der Waals surface area contributed by atoms with Crippen molar-refractivity contribution in [2.75, 3.05) is 18.0 Å². The molecule has 0 spiro atoms. The lowest BCUT2D eigenvalue weighted by Crippen LogP contribution is -2.28. The Balaban J connectivity index is 1.75. The van der Waals surface area contributed by atoms with Crippen LogP contribution in [-0.4, -0.2) is 34.6 Å². The van der Waals surface area contributed by atoms with Gasteiger partial charge < -0.3 is 10.2 Å². The quantitative estimate of drug-likeness (QED) is 0.631. The Morgan fingerprint density at radius 3 is 2.79 bits per heavy atom. The number of benzene rings is 1. The molecule has 0 saturated carbocycles. The summed E-state index contributed by atoms with van der Waals surface area (Å²) in [5.74, 6) is 0.658. The van der Waals surface area contributed by atoms with Gasteiger partial charge in [0.15, 0.2) is 0 Å². The predicted octanol–water partition coefficient (Wildman–Crippen LogP) is 3.87. The zero-order valence-corrected chi connectivity index (χ0v) is 17.1. The van der Waals surface area contributed by atoms with Gasteiger partial charge in [0.1, 0.15) is 5.82 Å². The number of nitrogens with one attached hydrogen (secondary N) is 1. The van der Waals surface area contributed by atoms with E-state index < -0.39 is 0 Å². The highest BCUT2D eigenvalue weighted by atomic mass is 32.1. The van der Waals surface area contributed by atoms with Gasteiger partial charge in [-0.2, -0.15) is 5.10 Å². The molecule has 1 aliphatic heterocycles. The molecule has 0 saturated heterocycles. The first-order valence-corrected chi connectivity index (χ1v) is 10.5. The van der Waals surface area contributed by atoms with Crippen molar-refractivity contribution >= 4 is 28.8 Å². The molecule has 0 fully saturated rings. The molecule has 0 aliphatic carbocycles. The summed E-state index contributed by atoms with van der Waals surface area (Å²) in [6, 6.07) is 11.1. The molecule has 0 bridgehead atoms. The van der Waals surface area contributed by atoms with Crippen molar-refractivity contribution in [3.8, 4) is 0 Å². The van der Waals surface area contributed by atoms with E-state index in [-0.39, 0.29) is 17.7 Å². The van der Waals surface area contributed by atoms with Gasteiger partial charge in [-0.1, -0.05) is 18.2 Å². The van der Waals surface area contributed by atoms with Crippen LogP contribution in [0.15, 0.2) is 60.3 Å². The molecule has 148 valence electrons. The standard InChI is InChI=1S/C22H22N4O2S/c1-3-23-21(28)16-8-5-7-15(13-16)18-10-11-25(4-2)22-17(14-24-26(18)22)20(27)19-9-6-12-29-19/h5-14,18H,3-4H2,1-2H3,(H,23,28). The third-order valence-electron chi connectivity index (χ3n) is 4.91. The van der Waals surface area contributed by atoms with Crippen LogP contribution in [0.4, 0.5) is 5.82 Å². The number of hydrogen-bond donors (Lipinski definition) is 1. The number of hydrogen-bond acceptors (Lipinski definition) is 5. The largest absolute Gasteiger partial charge is 0.352 e. The highest BCUT2D eigenvalue weighted by Crippen LogP contribution is 2.34. The minimum absolute atomic E-state index is 0.0233. The Kier molecular flexibility index (Phi) is 5.31. The van der Waals surface area contributed by atoms with Crippen molar-refractivity contribution in [3.05, 3.63) is 81.8 Å². The van der Waals surface area contributed by atoms with Crippen LogP contribution in [0.2, 0.25) is 0 Å². The minimum Gasteiger partial charge on any atom is -0.352 e. The average Bonchev–Trinajstić information content (AvgIpc) is 3.43. The Morgan fingerprint density at radius 1 is 1.21 bits per heavy atom. The number of anilines is 1. The number of nitrogens with zero attached hydrogens (tertiary/aromatic N) is 3. The fourth-order valence-electron chi connectivity index (χ4n) is 3.52. The van der Waals surface area contributed by atoms with Crippen LogP contribution in [0, 0.1) is 0 Å². The van der Waals surface area contributed by atoms with Gasteiger partial charge in [-0.25, -0.2) is 4.68 Å². The molecule has 3 heterocycles. The number of allylic oxidation sites excluding steroid dienone is 1. The number of aromatic nitrogens is 2. The maximum atomic E-state index is 13.0. The van der Waals surface area contributed by atoms with Gasteiger partial charge in [0.05, 0.1) is 22.7 Å². The molecular weight excluding hydrogens is 384 g/mol. The average molecular weight is 407 g/mol. The van der Waals surface area contributed by atoms with Gasteiger partial charge in [-0.15, -0.1) is 11.3 Å². The van der Waals surface area contributed by atoms with Crippen LogP contribution < -0.4 is 10.2 Å². The lowest BCUT2D eigenvalue weighted by Gasteiger charge is -2.29. The monoisotopic (exact) mass is 406 g/mol. The van der Waals surface area contributed by atoms with Crippen molar-refractivity contribution in [1.29, 1.82) is 0 Å². The first-order valence-electron chi connectivity index (χ1n) is 9.62. The van der Waals surface area contributed by atoms with E-state index in [0.717, 1.165) is 17.9 Å². The van der Waals surface area contributed by atoms with E-state index in [1.165, 1.54) is 11.3 Å². The molecular formula is C22H22N4O2S. The molecule has 1 atom stereocenters. The van der Waals surface area contributed by atoms with Crippen LogP contribution in [-0.2, 0) is 0 Å². The summed E-state index contributed by atoms with van der Waals surface area (Å²) in [5, 5.41) is 9.29. The molecule has 0 radical (unpaired) electrons. The first kappa shape index (κ1) is 19.1. The highest BCUT2D eigenvalue weighted by molar-refractivity contribution is 7.12. The van der Waals surface area contributed by atoms with Gasteiger partial charge in [0.2, 0.25) is 5.78 Å². The minimum atomic E-state index is -0.188.